The average Bonchev–Trinajstić information content (AvgIpc) is 2.65. The molecule has 0 atom stereocenters. The second kappa shape index (κ2) is 8.71. The van der Waals surface area contributed by atoms with Crippen LogP contribution in [-0.4, -0.2) is 33.0 Å². The number of carbonyl (C=O) groups excluding carboxylic acids is 2. The quantitative estimate of drug-likeness (QED) is 0.607. The summed E-state index contributed by atoms with van der Waals surface area (Å²) in [5.74, 6) is 1.18. The van der Waals surface area contributed by atoms with E-state index < -0.39 is 0 Å². The second-order valence-corrected chi connectivity index (χ2v) is 5.41. The van der Waals surface area contributed by atoms with Crippen LogP contribution in [0.1, 0.15) is 22.8 Å². The number of rotatable bonds is 7. The highest BCUT2D eigenvalue weighted by atomic mass is 16.5. The van der Waals surface area contributed by atoms with E-state index in [2.05, 4.69) is 5.32 Å². The van der Waals surface area contributed by atoms with Crippen molar-refractivity contribution in [2.24, 2.45) is 0 Å². The number of ether oxygens (including phenoxy) is 3. The number of ketones is 1. The Balaban J connectivity index is 2.13. The molecule has 1 N–H and O–H groups in total. The Labute approximate surface area is 152 Å². The molecule has 2 aromatic carbocycles. The Hall–Kier alpha value is -3.28. The van der Waals surface area contributed by atoms with Crippen LogP contribution in [0.2, 0.25) is 0 Å². The number of hydrogen-bond acceptors (Lipinski definition) is 5. The molecule has 6 nitrogen and oxygen atoms in total. The van der Waals surface area contributed by atoms with Gasteiger partial charge in [-0.1, -0.05) is 0 Å². The van der Waals surface area contributed by atoms with Crippen molar-refractivity contribution in [1.29, 1.82) is 0 Å². The average molecular weight is 355 g/mol. The van der Waals surface area contributed by atoms with Crippen molar-refractivity contribution in [2.75, 3.05) is 26.6 Å². The van der Waals surface area contributed by atoms with Crippen molar-refractivity contribution < 1.29 is 23.8 Å². The number of methoxy groups -OCH3 is 3. The maximum absolute atomic E-state index is 12.1. The minimum atomic E-state index is -0.297. The molecule has 0 radical (unpaired) electrons. The maximum Gasteiger partial charge on any atom is 0.248 e. The summed E-state index contributed by atoms with van der Waals surface area (Å²) in [5.41, 5.74) is 1.92. The topological polar surface area (TPSA) is 73.9 Å². The molecule has 0 aromatic heterocycles. The van der Waals surface area contributed by atoms with E-state index in [1.165, 1.54) is 34.3 Å². The van der Waals surface area contributed by atoms with Crippen LogP contribution in [0.4, 0.5) is 5.69 Å². The van der Waals surface area contributed by atoms with Crippen LogP contribution < -0.4 is 19.5 Å². The van der Waals surface area contributed by atoms with Gasteiger partial charge in [0.25, 0.3) is 0 Å². The normalized spacial score (nSPS) is 10.5. The van der Waals surface area contributed by atoms with E-state index in [0.29, 0.717) is 28.5 Å². The van der Waals surface area contributed by atoms with Gasteiger partial charge in [0.15, 0.2) is 17.3 Å². The first-order valence-corrected chi connectivity index (χ1v) is 7.88. The minimum absolute atomic E-state index is 0.0230. The van der Waals surface area contributed by atoms with Crippen molar-refractivity contribution >= 4 is 23.5 Å². The van der Waals surface area contributed by atoms with Crippen LogP contribution in [0.25, 0.3) is 6.08 Å². The number of anilines is 1. The van der Waals surface area contributed by atoms with E-state index in [1.54, 1.807) is 42.5 Å². The molecule has 0 bridgehead atoms. The van der Waals surface area contributed by atoms with Crippen LogP contribution >= 0.6 is 0 Å². The van der Waals surface area contributed by atoms with Crippen LogP contribution in [-0.2, 0) is 4.79 Å². The molecule has 136 valence electrons. The zero-order chi connectivity index (χ0) is 19.1. The van der Waals surface area contributed by atoms with E-state index in [-0.39, 0.29) is 11.7 Å². The summed E-state index contributed by atoms with van der Waals surface area (Å²) in [6, 6.07) is 10.2. The third-order valence-corrected chi connectivity index (χ3v) is 3.67. The van der Waals surface area contributed by atoms with E-state index in [1.807, 2.05) is 0 Å². The molecule has 2 aromatic rings. The van der Waals surface area contributed by atoms with Crippen LogP contribution in [0, 0.1) is 0 Å². The molecule has 0 spiro atoms. The zero-order valence-electron chi connectivity index (χ0n) is 15.2. The molecule has 0 aliphatic rings. The number of nitrogens with one attached hydrogen (secondary N) is 1. The number of Topliss-reactive ketones (excluding diaryl/α,β-unsaturated/α-hetero) is 1. The van der Waals surface area contributed by atoms with Gasteiger partial charge in [0.1, 0.15) is 0 Å². The molecule has 1 amide bonds. The van der Waals surface area contributed by atoms with Gasteiger partial charge in [0, 0.05) is 17.3 Å². The summed E-state index contributed by atoms with van der Waals surface area (Å²) in [6.45, 7) is 1.49. The molecule has 0 aliphatic carbocycles. The Morgan fingerprint density at radius 1 is 0.923 bits per heavy atom. The smallest absolute Gasteiger partial charge is 0.248 e. The third kappa shape index (κ3) is 4.63. The van der Waals surface area contributed by atoms with Gasteiger partial charge in [0.2, 0.25) is 11.7 Å². The first-order valence-electron chi connectivity index (χ1n) is 7.88. The largest absolute Gasteiger partial charge is 0.493 e. The lowest BCUT2D eigenvalue weighted by atomic mass is 10.1. The molecular formula is C20H21NO5. The fourth-order valence-corrected chi connectivity index (χ4v) is 2.34. The lowest BCUT2D eigenvalue weighted by Gasteiger charge is -2.12. The summed E-state index contributed by atoms with van der Waals surface area (Å²) in [5, 5.41) is 2.73. The molecule has 6 heteroatoms. The van der Waals surface area contributed by atoms with Gasteiger partial charge in [-0.05, 0) is 55.0 Å². The highest BCUT2D eigenvalue weighted by Crippen LogP contribution is 2.38. The van der Waals surface area contributed by atoms with Gasteiger partial charge in [-0.2, -0.15) is 0 Å². The van der Waals surface area contributed by atoms with Crippen molar-refractivity contribution in [3.05, 3.63) is 53.6 Å². The fourth-order valence-electron chi connectivity index (χ4n) is 2.34. The van der Waals surface area contributed by atoms with Gasteiger partial charge >= 0.3 is 0 Å². The molecule has 0 aliphatic heterocycles. The van der Waals surface area contributed by atoms with Gasteiger partial charge in [-0.3, -0.25) is 9.59 Å². The Bertz CT molecular complexity index is 800. The summed E-state index contributed by atoms with van der Waals surface area (Å²) in [7, 11) is 4.59. The number of hydrogen-bond donors (Lipinski definition) is 1. The van der Waals surface area contributed by atoms with Gasteiger partial charge in [0.05, 0.1) is 21.3 Å². The SMILES string of the molecule is COc1cc(/C=C\C(=O)Nc2ccc(C(C)=O)cc2)cc(OC)c1OC. The minimum Gasteiger partial charge on any atom is -0.493 e. The third-order valence-electron chi connectivity index (χ3n) is 3.67. The van der Waals surface area contributed by atoms with Gasteiger partial charge in [-0.15, -0.1) is 0 Å². The molecule has 26 heavy (non-hydrogen) atoms. The van der Waals surface area contributed by atoms with Crippen LogP contribution in [0.15, 0.2) is 42.5 Å². The predicted molar refractivity (Wildman–Crippen MR) is 100 cm³/mol. The number of carbonyl (C=O) groups is 2. The fraction of sp³-hybridized carbons (Fsp3) is 0.200. The lowest BCUT2D eigenvalue weighted by Crippen LogP contribution is -2.07. The first kappa shape index (κ1) is 19.1. The van der Waals surface area contributed by atoms with E-state index in [0.717, 1.165) is 5.56 Å². The molecule has 0 saturated carbocycles. The standard InChI is InChI=1S/C20H21NO5/c1-13(22)15-6-8-16(9-7-15)21-19(23)10-5-14-11-17(24-2)20(26-4)18(12-14)25-3/h5-12H,1-4H3,(H,21,23)/b10-5-. The highest BCUT2D eigenvalue weighted by Gasteiger charge is 2.12. The Kier molecular flexibility index (Phi) is 6.38. The molecule has 2 rings (SSSR count). The summed E-state index contributed by atoms with van der Waals surface area (Å²) >= 11 is 0. The summed E-state index contributed by atoms with van der Waals surface area (Å²) in [6.07, 6.45) is 3.04. The van der Waals surface area contributed by atoms with Gasteiger partial charge in [-0.25, -0.2) is 0 Å². The Morgan fingerprint density at radius 3 is 1.96 bits per heavy atom. The first-order chi connectivity index (χ1) is 12.5. The van der Waals surface area contributed by atoms with Crippen molar-refractivity contribution in [1.82, 2.24) is 0 Å². The predicted octanol–water partition coefficient (Wildman–Crippen LogP) is 3.57. The Morgan fingerprint density at radius 2 is 1.50 bits per heavy atom. The van der Waals surface area contributed by atoms with E-state index in [9.17, 15) is 9.59 Å². The monoisotopic (exact) mass is 355 g/mol. The van der Waals surface area contributed by atoms with Crippen LogP contribution in [0.3, 0.4) is 0 Å². The maximum atomic E-state index is 12.1. The second-order valence-electron chi connectivity index (χ2n) is 5.41. The van der Waals surface area contributed by atoms with Crippen molar-refractivity contribution in [2.45, 2.75) is 6.92 Å². The molecule has 0 saturated heterocycles. The van der Waals surface area contributed by atoms with E-state index >= 15 is 0 Å². The highest BCUT2D eigenvalue weighted by molar-refractivity contribution is 6.02. The molecule has 0 fully saturated rings. The molecule has 0 heterocycles. The number of amides is 1. The van der Waals surface area contributed by atoms with Crippen molar-refractivity contribution in [3.63, 3.8) is 0 Å². The lowest BCUT2D eigenvalue weighted by molar-refractivity contribution is -0.111. The zero-order valence-corrected chi connectivity index (χ0v) is 15.2. The summed E-state index contributed by atoms with van der Waals surface area (Å²) < 4.78 is 15.8. The van der Waals surface area contributed by atoms with Crippen molar-refractivity contribution in [3.8, 4) is 17.2 Å². The summed E-state index contributed by atoms with van der Waals surface area (Å²) in [4.78, 5) is 23.3. The van der Waals surface area contributed by atoms with Crippen LogP contribution in [0.5, 0.6) is 17.2 Å². The van der Waals surface area contributed by atoms with Gasteiger partial charge < -0.3 is 19.5 Å². The number of benzene rings is 2. The molecule has 0 unspecified atom stereocenters. The molecular weight excluding hydrogens is 334 g/mol. The van der Waals surface area contributed by atoms with E-state index in [4.69, 9.17) is 14.2 Å².